The minimum Gasteiger partial charge on any atom is -0.478 e. The molecule has 2 aromatic rings. The molecule has 19 heavy (non-hydrogen) atoms. The van der Waals surface area contributed by atoms with Gasteiger partial charge in [-0.3, -0.25) is 4.90 Å². The number of rotatable bonds is 3. The number of carbonyl (C=O) groups is 1. The highest BCUT2D eigenvalue weighted by molar-refractivity contribution is 5.89. The van der Waals surface area contributed by atoms with E-state index in [4.69, 9.17) is 4.42 Å². The van der Waals surface area contributed by atoms with E-state index < -0.39 is 5.97 Å². The average molecular weight is 257 g/mol. The van der Waals surface area contributed by atoms with Gasteiger partial charge >= 0.3 is 5.97 Å². The van der Waals surface area contributed by atoms with Crippen LogP contribution >= 0.6 is 0 Å². The minimum absolute atomic E-state index is 0.440. The van der Waals surface area contributed by atoms with E-state index in [1.165, 1.54) is 0 Å². The molecule has 0 saturated heterocycles. The van der Waals surface area contributed by atoms with Crippen LogP contribution in [0, 0.1) is 0 Å². The molecular formula is C15H15NO3. The number of hydrogen-bond donors (Lipinski definition) is 1. The monoisotopic (exact) mass is 257 g/mol. The minimum atomic E-state index is -0.837. The number of benzene rings is 1. The predicted octanol–water partition coefficient (Wildman–Crippen LogP) is 2.54. The molecule has 0 atom stereocenters. The van der Waals surface area contributed by atoms with Crippen LogP contribution in [0.4, 0.5) is 0 Å². The van der Waals surface area contributed by atoms with Gasteiger partial charge in [0.1, 0.15) is 5.76 Å². The lowest BCUT2D eigenvalue weighted by molar-refractivity contribution is 0.0694. The first-order valence-electron chi connectivity index (χ1n) is 6.33. The van der Waals surface area contributed by atoms with Crippen molar-refractivity contribution >= 4 is 5.97 Å². The van der Waals surface area contributed by atoms with Gasteiger partial charge in [-0.05, 0) is 35.7 Å². The number of aromatic carboxylic acids is 1. The fourth-order valence-electron chi connectivity index (χ4n) is 2.63. The van der Waals surface area contributed by atoms with Gasteiger partial charge in [0, 0.05) is 13.1 Å². The van der Waals surface area contributed by atoms with E-state index in [1.807, 2.05) is 24.3 Å². The second kappa shape index (κ2) is 4.90. The smallest absolute Gasteiger partial charge is 0.335 e. The first kappa shape index (κ1) is 12.0. The molecule has 1 N–H and O–H groups in total. The van der Waals surface area contributed by atoms with E-state index in [2.05, 4.69) is 4.90 Å². The Morgan fingerprint density at radius 1 is 1.32 bits per heavy atom. The highest BCUT2D eigenvalue weighted by Crippen LogP contribution is 2.23. The zero-order chi connectivity index (χ0) is 13.2. The number of carboxylic acids is 1. The van der Waals surface area contributed by atoms with Gasteiger partial charge in [0.05, 0.1) is 18.4 Å². The summed E-state index contributed by atoms with van der Waals surface area (Å²) in [6.07, 6.45) is 2.45. The van der Waals surface area contributed by atoms with Gasteiger partial charge in [-0.2, -0.15) is 0 Å². The molecule has 0 bridgehead atoms. The maximum Gasteiger partial charge on any atom is 0.335 e. The molecule has 0 spiro atoms. The molecule has 0 unspecified atom stereocenters. The third-order valence-corrected chi connectivity index (χ3v) is 3.53. The van der Waals surface area contributed by atoms with Crippen LogP contribution in [0.3, 0.4) is 0 Å². The lowest BCUT2D eigenvalue weighted by atomic mass is 9.94. The van der Waals surface area contributed by atoms with Crippen LogP contribution in [0.25, 0.3) is 0 Å². The Hall–Kier alpha value is -2.07. The van der Waals surface area contributed by atoms with Crippen molar-refractivity contribution in [3.8, 4) is 0 Å². The largest absolute Gasteiger partial charge is 0.478 e. The first-order valence-corrected chi connectivity index (χ1v) is 6.33. The second-order valence-electron chi connectivity index (χ2n) is 4.79. The molecular weight excluding hydrogens is 242 g/mol. The molecule has 0 aliphatic carbocycles. The quantitative estimate of drug-likeness (QED) is 0.918. The summed E-state index contributed by atoms with van der Waals surface area (Å²) in [6.45, 7) is 2.40. The van der Waals surface area contributed by atoms with E-state index in [0.29, 0.717) is 5.56 Å². The Kier molecular flexibility index (Phi) is 3.09. The Morgan fingerprint density at radius 3 is 2.95 bits per heavy atom. The number of furan rings is 1. The summed E-state index contributed by atoms with van der Waals surface area (Å²) in [5.74, 6) is 0.106. The molecule has 0 radical (unpaired) electrons. The highest BCUT2D eigenvalue weighted by atomic mass is 16.4. The van der Waals surface area contributed by atoms with Gasteiger partial charge in [0.15, 0.2) is 0 Å². The summed E-state index contributed by atoms with van der Waals surface area (Å²) in [6, 6.07) is 9.36. The molecule has 98 valence electrons. The van der Waals surface area contributed by atoms with Crippen molar-refractivity contribution in [3.05, 3.63) is 59.0 Å². The predicted molar refractivity (Wildman–Crippen MR) is 69.9 cm³/mol. The number of hydrogen-bond acceptors (Lipinski definition) is 3. The number of fused-ring (bicyclic) bond motifs is 1. The summed E-state index contributed by atoms with van der Waals surface area (Å²) in [5, 5.41) is 9.19. The van der Waals surface area contributed by atoms with Crippen LogP contribution in [-0.2, 0) is 19.5 Å². The molecule has 1 aliphatic rings. The zero-order valence-corrected chi connectivity index (χ0v) is 10.5. The highest BCUT2D eigenvalue weighted by Gasteiger charge is 2.21. The SMILES string of the molecule is O=C(O)c1cccc2c1CCN(Cc1ccco1)C2. The van der Waals surface area contributed by atoms with E-state index in [9.17, 15) is 9.90 Å². The molecule has 3 rings (SSSR count). The van der Waals surface area contributed by atoms with Gasteiger partial charge in [-0.1, -0.05) is 12.1 Å². The zero-order valence-electron chi connectivity index (χ0n) is 10.5. The van der Waals surface area contributed by atoms with E-state index in [-0.39, 0.29) is 0 Å². The lowest BCUT2D eigenvalue weighted by Gasteiger charge is -2.28. The molecule has 4 nitrogen and oxygen atoms in total. The van der Waals surface area contributed by atoms with Crippen LogP contribution in [0.2, 0.25) is 0 Å². The van der Waals surface area contributed by atoms with Crippen molar-refractivity contribution < 1.29 is 14.3 Å². The topological polar surface area (TPSA) is 53.7 Å². The van der Waals surface area contributed by atoms with Crippen LogP contribution in [0.1, 0.15) is 27.2 Å². The maximum atomic E-state index is 11.2. The molecule has 0 fully saturated rings. The summed E-state index contributed by atoms with van der Waals surface area (Å²) < 4.78 is 5.35. The van der Waals surface area contributed by atoms with Gasteiger partial charge in [-0.15, -0.1) is 0 Å². The van der Waals surface area contributed by atoms with Crippen LogP contribution in [0.5, 0.6) is 0 Å². The molecule has 1 aromatic heterocycles. The third kappa shape index (κ3) is 2.39. The van der Waals surface area contributed by atoms with Crippen LogP contribution in [0.15, 0.2) is 41.0 Å². The van der Waals surface area contributed by atoms with Crippen molar-refractivity contribution in [2.24, 2.45) is 0 Å². The van der Waals surface area contributed by atoms with Crippen LogP contribution < -0.4 is 0 Å². The van der Waals surface area contributed by atoms with Gasteiger partial charge in [0.2, 0.25) is 0 Å². The first-order chi connectivity index (χ1) is 9.24. The summed E-state index contributed by atoms with van der Waals surface area (Å²) >= 11 is 0. The van der Waals surface area contributed by atoms with Crippen molar-refractivity contribution in [2.75, 3.05) is 6.54 Å². The molecule has 4 heteroatoms. The van der Waals surface area contributed by atoms with Crippen molar-refractivity contribution in [2.45, 2.75) is 19.5 Å². The third-order valence-electron chi connectivity index (χ3n) is 3.53. The Morgan fingerprint density at radius 2 is 2.21 bits per heavy atom. The number of nitrogens with zero attached hydrogens (tertiary/aromatic N) is 1. The molecule has 1 aliphatic heterocycles. The molecule has 0 amide bonds. The van der Waals surface area contributed by atoms with Gasteiger partial charge in [0.25, 0.3) is 0 Å². The van der Waals surface area contributed by atoms with E-state index in [1.54, 1.807) is 12.3 Å². The van der Waals surface area contributed by atoms with Gasteiger partial charge < -0.3 is 9.52 Å². The fraction of sp³-hybridized carbons (Fsp3) is 0.267. The number of carboxylic acid groups (broad SMARTS) is 1. The van der Waals surface area contributed by atoms with E-state index >= 15 is 0 Å². The van der Waals surface area contributed by atoms with Crippen molar-refractivity contribution in [1.29, 1.82) is 0 Å². The van der Waals surface area contributed by atoms with Crippen molar-refractivity contribution in [3.63, 3.8) is 0 Å². The molecule has 1 aromatic carbocycles. The molecule has 0 saturated carbocycles. The van der Waals surface area contributed by atoms with E-state index in [0.717, 1.165) is 42.9 Å². The van der Waals surface area contributed by atoms with Crippen molar-refractivity contribution in [1.82, 2.24) is 4.90 Å². The normalized spacial score (nSPS) is 15.2. The Bertz CT molecular complexity index is 589. The van der Waals surface area contributed by atoms with Gasteiger partial charge in [-0.25, -0.2) is 4.79 Å². The summed E-state index contributed by atoms with van der Waals surface area (Å²) in [5.41, 5.74) is 2.53. The lowest BCUT2D eigenvalue weighted by Crippen LogP contribution is -2.31. The summed E-state index contributed by atoms with van der Waals surface area (Å²) in [7, 11) is 0. The maximum absolute atomic E-state index is 11.2. The second-order valence-corrected chi connectivity index (χ2v) is 4.79. The Balaban J connectivity index is 1.81. The summed E-state index contributed by atoms with van der Waals surface area (Å²) in [4.78, 5) is 13.5. The van der Waals surface area contributed by atoms with Crippen LogP contribution in [-0.4, -0.2) is 22.5 Å². The average Bonchev–Trinajstić information content (AvgIpc) is 2.90. The Labute approximate surface area is 111 Å². The standard InChI is InChI=1S/C15H15NO3/c17-15(18)14-5-1-3-11-9-16(7-6-13(11)14)10-12-4-2-8-19-12/h1-5,8H,6-7,9-10H2,(H,17,18). The molecule has 2 heterocycles. The fourth-order valence-corrected chi connectivity index (χ4v) is 2.63.